The van der Waals surface area contributed by atoms with Crippen LogP contribution in [0.4, 0.5) is 0 Å². The highest BCUT2D eigenvalue weighted by atomic mass is 16.2. The van der Waals surface area contributed by atoms with Gasteiger partial charge in [0.25, 0.3) is 0 Å². The molecule has 0 radical (unpaired) electrons. The van der Waals surface area contributed by atoms with Crippen LogP contribution in [0.3, 0.4) is 0 Å². The van der Waals surface area contributed by atoms with Crippen LogP contribution in [0.5, 0.6) is 0 Å². The fourth-order valence-electron chi connectivity index (χ4n) is 7.16. The number of rotatable bonds is 2. The highest BCUT2D eigenvalue weighted by molar-refractivity contribution is 5.77. The Morgan fingerprint density at radius 1 is 0.909 bits per heavy atom. The summed E-state index contributed by atoms with van der Waals surface area (Å²) in [6.45, 7) is 2.08. The smallest absolute Gasteiger partial charge is 0.223 e. The van der Waals surface area contributed by atoms with Crippen molar-refractivity contribution in [2.75, 3.05) is 13.1 Å². The first-order valence-electron chi connectivity index (χ1n) is 9.62. The molecule has 1 saturated heterocycles. The van der Waals surface area contributed by atoms with Crippen LogP contribution < -0.4 is 0 Å². The van der Waals surface area contributed by atoms with Gasteiger partial charge in [-0.25, -0.2) is 0 Å². The molecule has 6 aliphatic rings. The van der Waals surface area contributed by atoms with Gasteiger partial charge in [0.15, 0.2) is 0 Å². The van der Waals surface area contributed by atoms with Crippen molar-refractivity contribution >= 4 is 5.91 Å². The Morgan fingerprint density at radius 3 is 1.91 bits per heavy atom. The molecular weight excluding hydrogens is 270 g/mol. The van der Waals surface area contributed by atoms with Gasteiger partial charge >= 0.3 is 0 Å². The lowest BCUT2D eigenvalue weighted by atomic mass is 9.49. The Morgan fingerprint density at radius 2 is 1.41 bits per heavy atom. The van der Waals surface area contributed by atoms with Crippen LogP contribution in [-0.4, -0.2) is 23.9 Å². The second-order valence-corrected chi connectivity index (χ2v) is 9.36. The minimum atomic E-state index is 0.415. The largest absolute Gasteiger partial charge is 0.342 e. The maximum atomic E-state index is 13.0. The van der Waals surface area contributed by atoms with E-state index < -0.39 is 0 Å². The van der Waals surface area contributed by atoms with Crippen LogP contribution >= 0.6 is 0 Å². The number of amides is 1. The van der Waals surface area contributed by atoms with E-state index in [1.807, 2.05) is 0 Å². The number of fused-ring (bicyclic) bond motifs is 1. The molecule has 2 nitrogen and oxygen atoms in total. The maximum Gasteiger partial charge on any atom is 0.223 e. The Kier molecular flexibility index (Phi) is 3.01. The van der Waals surface area contributed by atoms with E-state index in [1.54, 1.807) is 0 Å². The average Bonchev–Trinajstić information content (AvgIpc) is 2.89. The summed E-state index contributed by atoms with van der Waals surface area (Å²) in [4.78, 5) is 15.2. The number of likely N-dealkylation sites (tertiary alicyclic amines) is 1. The van der Waals surface area contributed by atoms with E-state index >= 15 is 0 Å². The molecule has 1 aliphatic heterocycles. The summed E-state index contributed by atoms with van der Waals surface area (Å²) < 4.78 is 0. The van der Waals surface area contributed by atoms with Gasteiger partial charge in [-0.3, -0.25) is 4.79 Å². The van der Waals surface area contributed by atoms with Gasteiger partial charge in [-0.15, -0.1) is 0 Å². The molecule has 2 heteroatoms. The van der Waals surface area contributed by atoms with Crippen molar-refractivity contribution in [1.82, 2.24) is 4.90 Å². The molecule has 0 aromatic carbocycles. The van der Waals surface area contributed by atoms with Crippen LogP contribution in [0, 0.1) is 35.0 Å². The number of nitrogens with zero attached hydrogens (tertiary/aromatic N) is 1. The molecule has 0 spiro atoms. The van der Waals surface area contributed by atoms with Gasteiger partial charge in [0.2, 0.25) is 5.91 Å². The Hall–Kier alpha value is -0.790. The molecule has 0 aromatic rings. The number of hydrogen-bond donors (Lipinski definition) is 0. The topological polar surface area (TPSA) is 20.3 Å². The monoisotopic (exact) mass is 299 g/mol. The number of allylic oxidation sites excluding steroid dienone is 2. The van der Waals surface area contributed by atoms with Crippen LogP contribution in [-0.2, 0) is 4.79 Å². The first kappa shape index (κ1) is 13.6. The van der Waals surface area contributed by atoms with E-state index in [0.29, 0.717) is 11.3 Å². The summed E-state index contributed by atoms with van der Waals surface area (Å²) in [5, 5.41) is 0. The van der Waals surface area contributed by atoms with Crippen LogP contribution in [0.1, 0.15) is 57.8 Å². The second-order valence-electron chi connectivity index (χ2n) is 9.36. The van der Waals surface area contributed by atoms with Crippen LogP contribution in [0.2, 0.25) is 0 Å². The third kappa shape index (κ3) is 2.17. The second kappa shape index (κ2) is 4.85. The summed E-state index contributed by atoms with van der Waals surface area (Å²) in [7, 11) is 0. The zero-order chi connectivity index (χ0) is 14.7. The lowest BCUT2D eigenvalue weighted by Crippen LogP contribution is -2.48. The average molecular weight is 299 g/mol. The molecule has 120 valence electrons. The molecule has 5 aliphatic carbocycles. The van der Waals surface area contributed by atoms with E-state index in [1.165, 1.54) is 51.4 Å². The highest BCUT2D eigenvalue weighted by Gasteiger charge is 2.52. The van der Waals surface area contributed by atoms with Gasteiger partial charge in [0, 0.05) is 19.5 Å². The van der Waals surface area contributed by atoms with Crippen molar-refractivity contribution in [2.45, 2.75) is 57.8 Å². The van der Waals surface area contributed by atoms with Gasteiger partial charge in [0.1, 0.15) is 0 Å². The zero-order valence-electron chi connectivity index (χ0n) is 13.7. The zero-order valence-corrected chi connectivity index (χ0v) is 13.7. The number of carbonyl (C=O) groups excluding carboxylic acids is 1. The van der Waals surface area contributed by atoms with Crippen molar-refractivity contribution in [1.29, 1.82) is 0 Å². The first-order valence-corrected chi connectivity index (χ1v) is 9.62. The lowest BCUT2D eigenvalue weighted by molar-refractivity contribution is -0.138. The molecular formula is C20H29NO. The van der Waals surface area contributed by atoms with Gasteiger partial charge in [-0.05, 0) is 86.4 Å². The number of hydrogen-bond acceptors (Lipinski definition) is 1. The van der Waals surface area contributed by atoms with Gasteiger partial charge < -0.3 is 4.90 Å². The predicted molar refractivity (Wildman–Crippen MR) is 87.2 cm³/mol. The van der Waals surface area contributed by atoms with E-state index in [-0.39, 0.29) is 0 Å². The highest BCUT2D eigenvalue weighted by Crippen LogP contribution is 2.61. The molecule has 22 heavy (non-hydrogen) atoms. The Labute approximate surface area is 134 Å². The van der Waals surface area contributed by atoms with Crippen LogP contribution in [0.15, 0.2) is 12.2 Å². The summed E-state index contributed by atoms with van der Waals surface area (Å²) in [6.07, 6.45) is 16.5. The van der Waals surface area contributed by atoms with E-state index in [4.69, 9.17) is 0 Å². The molecule has 1 amide bonds. The molecule has 5 fully saturated rings. The molecule has 4 bridgehead atoms. The minimum Gasteiger partial charge on any atom is -0.342 e. The van der Waals surface area contributed by atoms with E-state index in [0.717, 1.165) is 49.1 Å². The maximum absolute atomic E-state index is 13.0. The molecule has 1 heterocycles. The van der Waals surface area contributed by atoms with E-state index in [9.17, 15) is 4.79 Å². The molecule has 0 N–H and O–H groups in total. The quantitative estimate of drug-likeness (QED) is 0.705. The van der Waals surface area contributed by atoms with Crippen molar-refractivity contribution in [2.24, 2.45) is 35.0 Å². The van der Waals surface area contributed by atoms with Gasteiger partial charge in [0.05, 0.1) is 0 Å². The molecule has 6 rings (SSSR count). The fourth-order valence-corrected chi connectivity index (χ4v) is 7.16. The Bertz CT molecular complexity index is 457. The van der Waals surface area contributed by atoms with Crippen molar-refractivity contribution < 1.29 is 4.79 Å². The summed E-state index contributed by atoms with van der Waals surface area (Å²) in [5.74, 6) is 4.89. The van der Waals surface area contributed by atoms with E-state index in [2.05, 4.69) is 17.1 Å². The summed E-state index contributed by atoms with van der Waals surface area (Å²) >= 11 is 0. The van der Waals surface area contributed by atoms with Crippen molar-refractivity contribution in [3.05, 3.63) is 12.2 Å². The van der Waals surface area contributed by atoms with Crippen molar-refractivity contribution in [3.63, 3.8) is 0 Å². The minimum absolute atomic E-state index is 0.415. The Balaban J connectivity index is 1.27. The summed E-state index contributed by atoms with van der Waals surface area (Å²) in [6, 6.07) is 0. The van der Waals surface area contributed by atoms with Gasteiger partial charge in [-0.2, -0.15) is 0 Å². The number of carbonyl (C=O) groups is 1. The third-order valence-corrected chi connectivity index (χ3v) is 7.66. The first-order chi connectivity index (χ1) is 10.7. The van der Waals surface area contributed by atoms with Crippen molar-refractivity contribution in [3.8, 4) is 0 Å². The fraction of sp³-hybridized carbons (Fsp3) is 0.850. The molecule has 2 atom stereocenters. The molecule has 2 unspecified atom stereocenters. The standard InChI is InChI=1S/C20H29NO/c22-19(21-12-17-3-1-2-4-18(17)13-21)11-20-8-14-5-15(9-20)7-16(6-14)10-20/h1-2,14-18H,3-13H2. The normalized spacial score (nSPS) is 48.7. The SMILES string of the molecule is O=C(CC12CC3CC(CC(C3)C1)C2)N1CC2CC=CCC2C1. The summed E-state index contributed by atoms with van der Waals surface area (Å²) in [5.41, 5.74) is 0.415. The lowest BCUT2D eigenvalue weighted by Gasteiger charge is -2.56. The molecule has 0 aromatic heterocycles. The van der Waals surface area contributed by atoms with Crippen LogP contribution in [0.25, 0.3) is 0 Å². The van der Waals surface area contributed by atoms with Gasteiger partial charge in [-0.1, -0.05) is 12.2 Å². The molecule has 4 saturated carbocycles. The third-order valence-electron chi connectivity index (χ3n) is 7.66. The predicted octanol–water partition coefficient (Wildman–Crippen LogP) is 4.02.